The van der Waals surface area contributed by atoms with Gasteiger partial charge < -0.3 is 14.6 Å². The van der Waals surface area contributed by atoms with Crippen LogP contribution < -0.4 is 9.47 Å². The summed E-state index contributed by atoms with van der Waals surface area (Å²) in [6.45, 7) is 3.79. The van der Waals surface area contributed by atoms with Gasteiger partial charge in [0.05, 0.1) is 14.2 Å². The number of benzene rings is 2. The minimum Gasteiger partial charge on any atom is -0.507 e. The molecule has 0 saturated heterocycles. The predicted octanol–water partition coefficient (Wildman–Crippen LogP) is 4.20. The van der Waals surface area contributed by atoms with E-state index < -0.39 is 0 Å². The standard InChI is InChI=1S/C18H20O3/c1-12-7-14(8-13(2)18(12)19)5-6-15-9-16(20-3)11-17(10-15)21-4/h5-11,19H,1-4H3/b6-5+. The Morgan fingerprint density at radius 2 is 1.19 bits per heavy atom. The van der Waals surface area contributed by atoms with Crippen LogP contribution in [0.25, 0.3) is 12.2 Å². The van der Waals surface area contributed by atoms with E-state index in [1.165, 1.54) is 0 Å². The van der Waals surface area contributed by atoms with Crippen LogP contribution in [0.1, 0.15) is 22.3 Å². The first-order chi connectivity index (χ1) is 10.0. The Balaban J connectivity index is 2.33. The Bertz CT molecular complexity index is 627. The second-order valence-electron chi connectivity index (χ2n) is 4.98. The van der Waals surface area contributed by atoms with Gasteiger partial charge in [0.25, 0.3) is 0 Å². The van der Waals surface area contributed by atoms with Gasteiger partial charge in [-0.3, -0.25) is 0 Å². The van der Waals surface area contributed by atoms with E-state index in [-0.39, 0.29) is 0 Å². The second-order valence-corrected chi connectivity index (χ2v) is 4.98. The minimum atomic E-state index is 0.357. The van der Waals surface area contributed by atoms with Crippen LogP contribution in [0, 0.1) is 13.8 Å². The number of rotatable bonds is 4. The average molecular weight is 284 g/mol. The van der Waals surface area contributed by atoms with Crippen LogP contribution in [0.3, 0.4) is 0 Å². The van der Waals surface area contributed by atoms with Crippen LogP contribution in [0.2, 0.25) is 0 Å². The fourth-order valence-corrected chi connectivity index (χ4v) is 2.20. The molecule has 0 aliphatic heterocycles. The first-order valence-electron chi connectivity index (χ1n) is 6.75. The summed E-state index contributed by atoms with van der Waals surface area (Å²) in [6.07, 6.45) is 4.00. The molecule has 0 aromatic heterocycles. The van der Waals surface area contributed by atoms with Crippen molar-refractivity contribution in [3.63, 3.8) is 0 Å². The first kappa shape index (κ1) is 15.0. The first-order valence-corrected chi connectivity index (χ1v) is 6.75. The molecule has 0 amide bonds. The Hall–Kier alpha value is -2.42. The molecule has 0 radical (unpaired) electrons. The van der Waals surface area contributed by atoms with E-state index in [2.05, 4.69) is 0 Å². The number of phenols is 1. The van der Waals surface area contributed by atoms with Crippen molar-refractivity contribution in [3.8, 4) is 17.2 Å². The topological polar surface area (TPSA) is 38.7 Å². The molecule has 3 heteroatoms. The van der Waals surface area contributed by atoms with Crippen molar-refractivity contribution in [2.45, 2.75) is 13.8 Å². The molecule has 0 heterocycles. The Kier molecular flexibility index (Phi) is 4.53. The number of aromatic hydroxyl groups is 1. The van der Waals surface area contributed by atoms with E-state index >= 15 is 0 Å². The summed E-state index contributed by atoms with van der Waals surface area (Å²) >= 11 is 0. The van der Waals surface area contributed by atoms with E-state index in [1.54, 1.807) is 14.2 Å². The van der Waals surface area contributed by atoms with Crippen molar-refractivity contribution in [2.24, 2.45) is 0 Å². The van der Waals surface area contributed by atoms with Gasteiger partial charge in [0, 0.05) is 6.07 Å². The maximum atomic E-state index is 9.80. The molecule has 110 valence electrons. The van der Waals surface area contributed by atoms with E-state index in [4.69, 9.17) is 9.47 Å². The summed E-state index contributed by atoms with van der Waals surface area (Å²) in [5.41, 5.74) is 3.79. The van der Waals surface area contributed by atoms with Crippen molar-refractivity contribution in [2.75, 3.05) is 14.2 Å². The van der Waals surface area contributed by atoms with E-state index in [9.17, 15) is 5.11 Å². The van der Waals surface area contributed by atoms with Gasteiger partial charge in [0.2, 0.25) is 0 Å². The summed E-state index contributed by atoms with van der Waals surface area (Å²) < 4.78 is 10.5. The van der Waals surface area contributed by atoms with Gasteiger partial charge >= 0.3 is 0 Å². The molecule has 21 heavy (non-hydrogen) atoms. The highest BCUT2D eigenvalue weighted by Gasteiger charge is 2.02. The SMILES string of the molecule is COc1cc(/C=C/c2cc(C)c(O)c(C)c2)cc(OC)c1. The Morgan fingerprint density at radius 3 is 1.62 bits per heavy atom. The summed E-state index contributed by atoms with van der Waals surface area (Å²) in [5.74, 6) is 1.87. The molecule has 0 bridgehead atoms. The molecule has 0 fully saturated rings. The number of hydrogen-bond acceptors (Lipinski definition) is 3. The summed E-state index contributed by atoms with van der Waals surface area (Å²) in [6, 6.07) is 9.64. The van der Waals surface area contributed by atoms with Gasteiger partial charge in [-0.15, -0.1) is 0 Å². The summed E-state index contributed by atoms with van der Waals surface area (Å²) in [4.78, 5) is 0. The fraction of sp³-hybridized carbons (Fsp3) is 0.222. The third kappa shape index (κ3) is 3.57. The Morgan fingerprint density at radius 1 is 0.762 bits per heavy atom. The molecule has 0 saturated carbocycles. The smallest absolute Gasteiger partial charge is 0.123 e. The lowest BCUT2D eigenvalue weighted by Crippen LogP contribution is -1.88. The quantitative estimate of drug-likeness (QED) is 0.855. The van der Waals surface area contributed by atoms with E-state index in [0.717, 1.165) is 33.8 Å². The predicted molar refractivity (Wildman–Crippen MR) is 86.1 cm³/mol. The number of ether oxygens (including phenoxy) is 2. The molecular formula is C18H20O3. The molecule has 1 N–H and O–H groups in total. The zero-order chi connectivity index (χ0) is 15.4. The lowest BCUT2D eigenvalue weighted by molar-refractivity contribution is 0.394. The lowest BCUT2D eigenvalue weighted by atomic mass is 10.0. The lowest BCUT2D eigenvalue weighted by Gasteiger charge is -2.07. The molecule has 3 nitrogen and oxygen atoms in total. The van der Waals surface area contributed by atoms with Crippen molar-refractivity contribution >= 4 is 12.2 Å². The largest absolute Gasteiger partial charge is 0.507 e. The normalized spacial score (nSPS) is 10.9. The van der Waals surface area contributed by atoms with Crippen LogP contribution in [0.15, 0.2) is 30.3 Å². The molecule has 0 spiro atoms. The van der Waals surface area contributed by atoms with Gasteiger partial charge in [-0.05, 0) is 60.4 Å². The molecule has 2 rings (SSSR count). The van der Waals surface area contributed by atoms with Crippen molar-refractivity contribution in [1.29, 1.82) is 0 Å². The van der Waals surface area contributed by atoms with Crippen LogP contribution in [0.4, 0.5) is 0 Å². The summed E-state index contributed by atoms with van der Waals surface area (Å²) in [5, 5.41) is 9.80. The molecular weight excluding hydrogens is 264 g/mol. The van der Waals surface area contributed by atoms with Gasteiger partial charge in [-0.2, -0.15) is 0 Å². The van der Waals surface area contributed by atoms with Crippen LogP contribution in [-0.2, 0) is 0 Å². The molecule has 0 atom stereocenters. The summed E-state index contributed by atoms with van der Waals surface area (Å²) in [7, 11) is 3.27. The van der Waals surface area contributed by atoms with E-state index in [0.29, 0.717) is 5.75 Å². The maximum Gasteiger partial charge on any atom is 0.123 e. The van der Waals surface area contributed by atoms with Gasteiger partial charge in [0.15, 0.2) is 0 Å². The second kappa shape index (κ2) is 6.35. The zero-order valence-electron chi connectivity index (χ0n) is 12.8. The molecule has 0 unspecified atom stereocenters. The van der Waals surface area contributed by atoms with Crippen molar-refractivity contribution in [3.05, 3.63) is 52.6 Å². The number of hydrogen-bond donors (Lipinski definition) is 1. The molecule has 2 aromatic rings. The molecule has 0 aliphatic carbocycles. The van der Waals surface area contributed by atoms with Crippen LogP contribution in [-0.4, -0.2) is 19.3 Å². The highest BCUT2D eigenvalue weighted by molar-refractivity contribution is 5.72. The number of aryl methyl sites for hydroxylation is 2. The minimum absolute atomic E-state index is 0.357. The van der Waals surface area contributed by atoms with Gasteiger partial charge in [0.1, 0.15) is 17.2 Å². The monoisotopic (exact) mass is 284 g/mol. The van der Waals surface area contributed by atoms with Crippen LogP contribution in [0.5, 0.6) is 17.2 Å². The van der Waals surface area contributed by atoms with Gasteiger partial charge in [-0.25, -0.2) is 0 Å². The third-order valence-electron chi connectivity index (χ3n) is 3.36. The average Bonchev–Trinajstić information content (AvgIpc) is 2.49. The van der Waals surface area contributed by atoms with Crippen molar-refractivity contribution < 1.29 is 14.6 Å². The Labute approximate surface area is 125 Å². The molecule has 2 aromatic carbocycles. The molecule has 0 aliphatic rings. The third-order valence-corrected chi connectivity index (χ3v) is 3.36. The number of phenolic OH excluding ortho intramolecular Hbond substituents is 1. The highest BCUT2D eigenvalue weighted by Crippen LogP contribution is 2.26. The fourth-order valence-electron chi connectivity index (χ4n) is 2.20. The maximum absolute atomic E-state index is 9.80. The van der Waals surface area contributed by atoms with E-state index in [1.807, 2.05) is 56.3 Å². The highest BCUT2D eigenvalue weighted by atomic mass is 16.5. The van der Waals surface area contributed by atoms with Crippen molar-refractivity contribution in [1.82, 2.24) is 0 Å². The zero-order valence-corrected chi connectivity index (χ0v) is 12.8. The van der Waals surface area contributed by atoms with Crippen LogP contribution >= 0.6 is 0 Å². The number of methoxy groups -OCH3 is 2. The van der Waals surface area contributed by atoms with Gasteiger partial charge in [-0.1, -0.05) is 12.2 Å².